The van der Waals surface area contributed by atoms with Gasteiger partial charge in [-0.1, -0.05) is 41.9 Å². The van der Waals surface area contributed by atoms with Crippen molar-refractivity contribution in [2.24, 2.45) is 0 Å². The number of rotatable bonds is 4. The molecule has 1 fully saturated rings. The van der Waals surface area contributed by atoms with Gasteiger partial charge in [0.25, 0.3) is 0 Å². The topological polar surface area (TPSA) is 50.3 Å². The Labute approximate surface area is 187 Å². The fourth-order valence-corrected chi connectivity index (χ4v) is 6.74. The minimum Gasteiger partial charge on any atom is -0.348 e. The zero-order valence-corrected chi connectivity index (χ0v) is 18.5. The maximum atomic E-state index is 13.0. The SMILES string of the molecule is O=S(=O)(c1cc(C(F)(F)F)ccc1Cl)C1CCN(c2nc(-c3ccccc3)cs2)CC1. The Bertz CT molecular complexity index is 1170. The molecule has 4 nitrogen and oxygen atoms in total. The van der Waals surface area contributed by atoms with Gasteiger partial charge in [-0.25, -0.2) is 13.4 Å². The van der Waals surface area contributed by atoms with Crippen LogP contribution in [0.25, 0.3) is 11.3 Å². The summed E-state index contributed by atoms with van der Waals surface area (Å²) in [5, 5.41) is 1.77. The number of hydrogen-bond donors (Lipinski definition) is 0. The minimum absolute atomic E-state index is 0.192. The first-order valence-corrected chi connectivity index (χ1v) is 12.3. The van der Waals surface area contributed by atoms with E-state index in [1.807, 2.05) is 40.6 Å². The molecule has 3 aromatic rings. The van der Waals surface area contributed by atoms with Crippen molar-refractivity contribution in [2.75, 3.05) is 18.0 Å². The van der Waals surface area contributed by atoms with Crippen molar-refractivity contribution < 1.29 is 21.6 Å². The molecule has 1 aromatic heterocycles. The maximum Gasteiger partial charge on any atom is 0.416 e. The molecule has 0 N–H and O–H groups in total. The third-order valence-corrected chi connectivity index (χ3v) is 8.92. The van der Waals surface area contributed by atoms with Crippen molar-refractivity contribution in [3.8, 4) is 11.3 Å². The fourth-order valence-electron chi connectivity index (χ4n) is 3.59. The predicted octanol–water partition coefficient (Wildman–Crippen LogP) is 5.93. The van der Waals surface area contributed by atoms with Gasteiger partial charge in [0.2, 0.25) is 0 Å². The predicted molar refractivity (Wildman–Crippen MR) is 116 cm³/mol. The molecule has 0 saturated carbocycles. The summed E-state index contributed by atoms with van der Waals surface area (Å²) >= 11 is 7.45. The molecule has 4 rings (SSSR count). The summed E-state index contributed by atoms with van der Waals surface area (Å²) in [6.45, 7) is 0.893. The number of thiazole rings is 1. The van der Waals surface area contributed by atoms with Gasteiger partial charge in [-0.2, -0.15) is 13.2 Å². The van der Waals surface area contributed by atoms with Gasteiger partial charge >= 0.3 is 6.18 Å². The number of sulfone groups is 1. The number of alkyl halides is 3. The molecule has 1 aliphatic heterocycles. The molecular formula is C21H18ClF3N2O2S2. The van der Waals surface area contributed by atoms with E-state index in [0.717, 1.165) is 28.5 Å². The highest BCUT2D eigenvalue weighted by atomic mass is 35.5. The van der Waals surface area contributed by atoms with Crippen molar-refractivity contribution >= 4 is 37.9 Å². The Morgan fingerprint density at radius 3 is 2.39 bits per heavy atom. The highest BCUT2D eigenvalue weighted by Gasteiger charge is 2.36. The number of piperidine rings is 1. The lowest BCUT2D eigenvalue weighted by molar-refractivity contribution is -0.137. The van der Waals surface area contributed by atoms with Gasteiger partial charge in [0.15, 0.2) is 15.0 Å². The second-order valence-electron chi connectivity index (χ2n) is 7.26. The second-order valence-corrected chi connectivity index (χ2v) is 10.7. The van der Waals surface area contributed by atoms with E-state index < -0.39 is 31.7 Å². The summed E-state index contributed by atoms with van der Waals surface area (Å²) < 4.78 is 65.2. The summed E-state index contributed by atoms with van der Waals surface area (Å²) in [5.41, 5.74) is 0.830. The Hall–Kier alpha value is -2.10. The molecule has 0 radical (unpaired) electrons. The van der Waals surface area contributed by atoms with E-state index in [-0.39, 0.29) is 17.9 Å². The first kappa shape index (κ1) is 22.1. The summed E-state index contributed by atoms with van der Waals surface area (Å²) in [7, 11) is -3.99. The first-order valence-electron chi connectivity index (χ1n) is 9.53. The molecule has 0 atom stereocenters. The number of aromatic nitrogens is 1. The largest absolute Gasteiger partial charge is 0.416 e. The van der Waals surface area contributed by atoms with Crippen molar-refractivity contribution in [1.29, 1.82) is 0 Å². The lowest BCUT2D eigenvalue weighted by Crippen LogP contribution is -2.39. The van der Waals surface area contributed by atoms with Crippen molar-refractivity contribution in [3.05, 3.63) is 64.5 Å². The molecular weight excluding hydrogens is 469 g/mol. The van der Waals surface area contributed by atoms with Crippen LogP contribution in [0.2, 0.25) is 5.02 Å². The van der Waals surface area contributed by atoms with Gasteiger partial charge in [0.05, 0.1) is 26.4 Å². The number of halogens is 4. The van der Waals surface area contributed by atoms with Crippen LogP contribution in [0, 0.1) is 0 Å². The monoisotopic (exact) mass is 486 g/mol. The van der Waals surface area contributed by atoms with E-state index in [2.05, 4.69) is 4.98 Å². The van der Waals surface area contributed by atoms with Crippen LogP contribution in [0.3, 0.4) is 0 Å². The van der Waals surface area contributed by atoms with Crippen molar-refractivity contribution in [2.45, 2.75) is 29.2 Å². The molecule has 0 aliphatic carbocycles. The van der Waals surface area contributed by atoms with Gasteiger partial charge in [0.1, 0.15) is 0 Å². The molecule has 0 amide bonds. The van der Waals surface area contributed by atoms with E-state index in [9.17, 15) is 21.6 Å². The Morgan fingerprint density at radius 2 is 1.74 bits per heavy atom. The first-order chi connectivity index (χ1) is 14.7. The Morgan fingerprint density at radius 1 is 1.06 bits per heavy atom. The molecule has 0 bridgehead atoms. The normalized spacial score (nSPS) is 15.9. The summed E-state index contributed by atoms with van der Waals surface area (Å²) in [5.74, 6) is 0. The van der Waals surface area contributed by atoms with E-state index >= 15 is 0 Å². The van der Waals surface area contributed by atoms with Crippen LogP contribution in [0.5, 0.6) is 0 Å². The molecule has 0 spiro atoms. The highest BCUT2D eigenvalue weighted by Crippen LogP contribution is 2.37. The molecule has 10 heteroatoms. The summed E-state index contributed by atoms with van der Waals surface area (Å²) in [6, 6.07) is 12.2. The molecule has 2 aromatic carbocycles. The second kappa shape index (κ2) is 8.44. The van der Waals surface area contributed by atoms with Gasteiger partial charge in [-0.3, -0.25) is 0 Å². The fraction of sp³-hybridized carbons (Fsp3) is 0.286. The number of hydrogen-bond acceptors (Lipinski definition) is 5. The highest BCUT2D eigenvalue weighted by molar-refractivity contribution is 7.92. The van der Waals surface area contributed by atoms with Gasteiger partial charge in [0, 0.05) is 24.0 Å². The van der Waals surface area contributed by atoms with Gasteiger partial charge in [-0.15, -0.1) is 11.3 Å². The third-order valence-electron chi connectivity index (χ3n) is 5.28. The zero-order chi connectivity index (χ0) is 22.2. The standard InChI is InChI=1S/C21H18ClF3N2O2S2/c22-17-7-6-15(21(23,24)25)12-19(17)31(28,29)16-8-10-27(11-9-16)20-26-18(13-30-20)14-4-2-1-3-5-14/h1-7,12-13,16H,8-11H2. The van der Waals surface area contributed by atoms with Crippen LogP contribution in [0.4, 0.5) is 18.3 Å². The average Bonchev–Trinajstić information content (AvgIpc) is 3.24. The number of anilines is 1. The number of benzene rings is 2. The van der Waals surface area contributed by atoms with Gasteiger partial charge in [-0.05, 0) is 31.0 Å². The molecule has 1 saturated heterocycles. The van der Waals surface area contributed by atoms with Crippen LogP contribution < -0.4 is 4.90 Å². The lowest BCUT2D eigenvalue weighted by Gasteiger charge is -2.31. The third kappa shape index (κ3) is 4.58. The molecule has 164 valence electrons. The van der Waals surface area contributed by atoms with E-state index in [1.54, 1.807) is 0 Å². The van der Waals surface area contributed by atoms with Crippen LogP contribution in [0.1, 0.15) is 18.4 Å². The van der Waals surface area contributed by atoms with E-state index in [4.69, 9.17) is 11.6 Å². The van der Waals surface area contributed by atoms with Crippen LogP contribution in [-0.2, 0) is 16.0 Å². The van der Waals surface area contributed by atoms with Crippen molar-refractivity contribution in [1.82, 2.24) is 4.98 Å². The minimum atomic E-state index is -4.64. The number of nitrogens with zero attached hydrogens (tertiary/aromatic N) is 2. The molecule has 31 heavy (non-hydrogen) atoms. The molecule has 1 aliphatic rings. The zero-order valence-electron chi connectivity index (χ0n) is 16.1. The smallest absolute Gasteiger partial charge is 0.348 e. The summed E-state index contributed by atoms with van der Waals surface area (Å²) in [6.07, 6.45) is -4.07. The lowest BCUT2D eigenvalue weighted by atomic mass is 10.1. The molecule has 0 unspecified atom stereocenters. The quantitative estimate of drug-likeness (QED) is 0.459. The van der Waals surface area contributed by atoms with Crippen molar-refractivity contribution in [3.63, 3.8) is 0 Å². The van der Waals surface area contributed by atoms with Crippen LogP contribution in [-0.4, -0.2) is 31.7 Å². The maximum absolute atomic E-state index is 13.0. The Kier molecular flexibility index (Phi) is 6.02. The molecule has 2 heterocycles. The van der Waals surface area contributed by atoms with E-state index in [1.165, 1.54) is 11.3 Å². The van der Waals surface area contributed by atoms with Crippen LogP contribution in [0.15, 0.2) is 58.8 Å². The van der Waals surface area contributed by atoms with Gasteiger partial charge < -0.3 is 4.90 Å². The Balaban J connectivity index is 1.50. The summed E-state index contributed by atoms with van der Waals surface area (Å²) in [4.78, 5) is 6.21. The van der Waals surface area contributed by atoms with Crippen LogP contribution >= 0.6 is 22.9 Å². The van der Waals surface area contributed by atoms with E-state index in [0.29, 0.717) is 19.2 Å². The average molecular weight is 487 g/mol.